The molecule has 1 unspecified atom stereocenters. The lowest BCUT2D eigenvalue weighted by Crippen LogP contribution is -2.32. The summed E-state index contributed by atoms with van der Waals surface area (Å²) in [7, 11) is 1.21. The SMILES string of the molecule is COC(=O)CN(C#N)C(C)c1cc(F)c(CN2S[C@@H](c3ccccc3)CC[C@@H]2C)cc1F. The van der Waals surface area contributed by atoms with E-state index in [0.29, 0.717) is 0 Å². The van der Waals surface area contributed by atoms with Gasteiger partial charge in [0.15, 0.2) is 6.19 Å². The molecular formula is C24H27F2N3O2S. The minimum absolute atomic E-state index is 0.0261. The number of hydrogen-bond acceptors (Lipinski definition) is 6. The van der Waals surface area contributed by atoms with Crippen LogP contribution < -0.4 is 0 Å². The summed E-state index contributed by atoms with van der Waals surface area (Å²) in [6, 6.07) is 11.9. The maximum atomic E-state index is 15.0. The standard InChI is InChI=1S/C24H27F2N3O2S/c1-16-9-10-23(18-7-5-4-6-8-18)32-29(16)13-19-11-22(26)20(12-21(19)25)17(2)28(15-27)14-24(30)31-3/h4-8,11-12,16-17,23H,9-10,13-14H2,1-3H3/t16-,17?,23+/m0/s1. The van der Waals surface area contributed by atoms with Crippen LogP contribution in [0.5, 0.6) is 0 Å². The van der Waals surface area contributed by atoms with E-state index in [-0.39, 0.29) is 35.5 Å². The summed E-state index contributed by atoms with van der Waals surface area (Å²) in [6.45, 7) is 3.59. The molecule has 0 aromatic heterocycles. The molecule has 0 spiro atoms. The van der Waals surface area contributed by atoms with Crippen LogP contribution in [0.1, 0.15) is 54.7 Å². The van der Waals surface area contributed by atoms with Crippen LogP contribution in [-0.2, 0) is 16.1 Å². The maximum absolute atomic E-state index is 15.0. The summed E-state index contributed by atoms with van der Waals surface area (Å²) in [6.07, 6.45) is 3.85. The van der Waals surface area contributed by atoms with Gasteiger partial charge in [0.05, 0.1) is 13.2 Å². The highest BCUT2D eigenvalue weighted by molar-refractivity contribution is 7.97. The van der Waals surface area contributed by atoms with Crippen molar-refractivity contribution in [3.63, 3.8) is 0 Å². The number of esters is 1. The van der Waals surface area contributed by atoms with Gasteiger partial charge in [-0.15, -0.1) is 0 Å². The molecule has 3 atom stereocenters. The zero-order valence-corrected chi connectivity index (χ0v) is 19.2. The molecule has 1 fully saturated rings. The van der Waals surface area contributed by atoms with Gasteiger partial charge >= 0.3 is 5.97 Å². The number of ether oxygens (including phenoxy) is 1. The molecule has 2 aromatic carbocycles. The van der Waals surface area contributed by atoms with Crippen LogP contribution in [0.4, 0.5) is 8.78 Å². The van der Waals surface area contributed by atoms with Gasteiger partial charge in [0.2, 0.25) is 0 Å². The lowest BCUT2D eigenvalue weighted by atomic mass is 10.0. The summed E-state index contributed by atoms with van der Waals surface area (Å²) in [5.41, 5.74) is 1.52. The fourth-order valence-electron chi connectivity index (χ4n) is 3.79. The second-order valence-electron chi connectivity index (χ2n) is 7.95. The quantitative estimate of drug-likeness (QED) is 0.241. The summed E-state index contributed by atoms with van der Waals surface area (Å²) in [5, 5.41) is 9.60. The molecule has 0 amide bonds. The van der Waals surface area contributed by atoms with E-state index < -0.39 is 23.6 Å². The highest BCUT2D eigenvalue weighted by atomic mass is 32.2. The van der Waals surface area contributed by atoms with Crippen molar-refractivity contribution in [1.29, 1.82) is 5.26 Å². The minimum atomic E-state index is -0.812. The number of benzene rings is 2. The first-order chi connectivity index (χ1) is 15.3. The lowest BCUT2D eigenvalue weighted by Gasteiger charge is -2.37. The molecule has 1 aliphatic rings. The van der Waals surface area contributed by atoms with E-state index in [2.05, 4.69) is 28.1 Å². The first-order valence-corrected chi connectivity index (χ1v) is 11.4. The van der Waals surface area contributed by atoms with E-state index in [0.717, 1.165) is 23.8 Å². The topological polar surface area (TPSA) is 56.6 Å². The van der Waals surface area contributed by atoms with Crippen LogP contribution in [0.15, 0.2) is 42.5 Å². The van der Waals surface area contributed by atoms with Gasteiger partial charge in [0.1, 0.15) is 18.2 Å². The van der Waals surface area contributed by atoms with E-state index in [9.17, 15) is 18.8 Å². The van der Waals surface area contributed by atoms with Crippen LogP contribution in [0.2, 0.25) is 0 Å². The number of halogens is 2. The summed E-state index contributed by atoms with van der Waals surface area (Å²) in [5.74, 6) is -1.76. The average Bonchev–Trinajstić information content (AvgIpc) is 2.80. The predicted octanol–water partition coefficient (Wildman–Crippen LogP) is 5.36. The summed E-state index contributed by atoms with van der Waals surface area (Å²) in [4.78, 5) is 12.6. The number of nitriles is 1. The number of hydrogen-bond donors (Lipinski definition) is 0. The fraction of sp³-hybridized carbons (Fsp3) is 0.417. The molecule has 32 heavy (non-hydrogen) atoms. The number of methoxy groups -OCH3 is 1. The molecular weight excluding hydrogens is 432 g/mol. The van der Waals surface area contributed by atoms with Gasteiger partial charge in [-0.3, -0.25) is 9.69 Å². The second-order valence-corrected chi connectivity index (χ2v) is 9.20. The first-order valence-electron chi connectivity index (χ1n) is 10.5. The monoisotopic (exact) mass is 459 g/mol. The van der Waals surface area contributed by atoms with Crippen LogP contribution in [-0.4, -0.2) is 34.9 Å². The van der Waals surface area contributed by atoms with E-state index in [1.807, 2.05) is 24.4 Å². The number of carbonyl (C=O) groups excluding carboxylic acids is 1. The molecule has 0 aliphatic carbocycles. The molecule has 2 aromatic rings. The normalized spacial score (nSPS) is 19.8. The molecule has 8 heteroatoms. The van der Waals surface area contributed by atoms with Gasteiger partial charge in [0.25, 0.3) is 0 Å². The summed E-state index contributed by atoms with van der Waals surface area (Å²) < 4.78 is 36.6. The Morgan fingerprint density at radius 2 is 2.00 bits per heavy atom. The van der Waals surface area contributed by atoms with Gasteiger partial charge in [-0.2, -0.15) is 5.26 Å². The third-order valence-corrected chi connectivity index (χ3v) is 7.36. The Kier molecular flexibility index (Phi) is 8.10. The van der Waals surface area contributed by atoms with Crippen molar-refractivity contribution in [2.24, 2.45) is 0 Å². The Morgan fingerprint density at radius 1 is 1.28 bits per heavy atom. The second kappa shape index (κ2) is 10.8. The van der Waals surface area contributed by atoms with Crippen molar-refractivity contribution in [3.05, 3.63) is 70.8 Å². The minimum Gasteiger partial charge on any atom is -0.468 e. The molecule has 1 saturated heterocycles. The molecule has 5 nitrogen and oxygen atoms in total. The largest absolute Gasteiger partial charge is 0.468 e. The Bertz CT molecular complexity index is 983. The van der Waals surface area contributed by atoms with Gasteiger partial charge in [-0.1, -0.05) is 42.3 Å². The fourth-order valence-corrected chi connectivity index (χ4v) is 5.16. The van der Waals surface area contributed by atoms with Crippen LogP contribution in [0, 0.1) is 23.1 Å². The number of carbonyl (C=O) groups is 1. The third kappa shape index (κ3) is 5.59. The van der Waals surface area contributed by atoms with E-state index in [1.54, 1.807) is 18.9 Å². The molecule has 0 N–H and O–H groups in total. The molecule has 0 radical (unpaired) electrons. The molecule has 170 valence electrons. The molecule has 0 saturated carbocycles. The van der Waals surface area contributed by atoms with Crippen molar-refractivity contribution in [1.82, 2.24) is 9.21 Å². The number of rotatable bonds is 7. The Hall–Kier alpha value is -2.63. The van der Waals surface area contributed by atoms with Gasteiger partial charge in [-0.05, 0) is 44.4 Å². The molecule has 0 bridgehead atoms. The molecule has 3 rings (SSSR count). The number of nitrogens with zero attached hydrogens (tertiary/aromatic N) is 3. The van der Waals surface area contributed by atoms with Crippen molar-refractivity contribution < 1.29 is 18.3 Å². The van der Waals surface area contributed by atoms with Crippen LogP contribution in [0.25, 0.3) is 0 Å². The first kappa shape index (κ1) is 24.0. The average molecular weight is 460 g/mol. The van der Waals surface area contributed by atoms with E-state index in [1.165, 1.54) is 18.7 Å². The van der Waals surface area contributed by atoms with E-state index in [4.69, 9.17) is 0 Å². The van der Waals surface area contributed by atoms with Crippen LogP contribution in [0.3, 0.4) is 0 Å². The van der Waals surface area contributed by atoms with Crippen LogP contribution >= 0.6 is 11.9 Å². The van der Waals surface area contributed by atoms with Gasteiger partial charge in [0, 0.05) is 29.0 Å². The van der Waals surface area contributed by atoms with Gasteiger partial charge in [-0.25, -0.2) is 13.1 Å². The molecule has 1 aliphatic heterocycles. The van der Waals surface area contributed by atoms with Crippen molar-refractivity contribution in [2.75, 3.05) is 13.7 Å². The Morgan fingerprint density at radius 3 is 2.66 bits per heavy atom. The predicted molar refractivity (Wildman–Crippen MR) is 120 cm³/mol. The van der Waals surface area contributed by atoms with Crippen molar-refractivity contribution >= 4 is 17.9 Å². The highest BCUT2D eigenvalue weighted by Gasteiger charge is 2.29. The highest BCUT2D eigenvalue weighted by Crippen LogP contribution is 2.43. The van der Waals surface area contributed by atoms with Gasteiger partial charge < -0.3 is 4.74 Å². The van der Waals surface area contributed by atoms with Crippen molar-refractivity contribution in [3.8, 4) is 6.19 Å². The Balaban J connectivity index is 1.77. The lowest BCUT2D eigenvalue weighted by molar-refractivity contribution is -0.141. The zero-order valence-electron chi connectivity index (χ0n) is 18.4. The zero-order chi connectivity index (χ0) is 23.3. The maximum Gasteiger partial charge on any atom is 0.326 e. The van der Waals surface area contributed by atoms with E-state index >= 15 is 0 Å². The summed E-state index contributed by atoms with van der Waals surface area (Å²) >= 11 is 1.67. The smallest absolute Gasteiger partial charge is 0.326 e. The third-order valence-electron chi connectivity index (χ3n) is 5.84. The Labute approximate surface area is 192 Å². The molecule has 1 heterocycles. The van der Waals surface area contributed by atoms with Crippen molar-refractivity contribution in [2.45, 2.75) is 50.6 Å².